The second kappa shape index (κ2) is 6.44. The van der Waals surface area contributed by atoms with E-state index in [4.69, 9.17) is 21.4 Å². The van der Waals surface area contributed by atoms with Gasteiger partial charge in [-0.05, 0) is 24.6 Å². The summed E-state index contributed by atoms with van der Waals surface area (Å²) in [6.45, 7) is 2.03. The maximum Gasteiger partial charge on any atom is 0.331 e. The van der Waals surface area contributed by atoms with Gasteiger partial charge in [0.2, 0.25) is 0 Å². The van der Waals surface area contributed by atoms with Crippen LogP contribution in [0.5, 0.6) is 5.75 Å². The van der Waals surface area contributed by atoms with Gasteiger partial charge in [-0.25, -0.2) is 4.79 Å². The van der Waals surface area contributed by atoms with E-state index in [9.17, 15) is 4.79 Å². The normalized spacial score (nSPS) is 11.6. The van der Waals surface area contributed by atoms with Crippen LogP contribution in [-0.2, 0) is 4.79 Å². The van der Waals surface area contributed by atoms with E-state index in [2.05, 4.69) is 0 Å². The molecule has 0 radical (unpaired) electrons. The molecular formula is C16H15ClO3. The second-order valence-electron chi connectivity index (χ2n) is 4.29. The molecule has 2 aromatic rings. The number of benzene rings is 2. The largest absolute Gasteiger partial charge is 0.489 e. The third-order valence-electron chi connectivity index (χ3n) is 3.06. The molecule has 0 atom stereocenters. The molecule has 0 aliphatic heterocycles. The van der Waals surface area contributed by atoms with Crippen LogP contribution in [0.25, 0.3) is 10.8 Å². The highest BCUT2D eigenvalue weighted by atomic mass is 35.5. The van der Waals surface area contributed by atoms with Gasteiger partial charge in [0.05, 0.1) is 0 Å². The highest BCUT2D eigenvalue weighted by Crippen LogP contribution is 2.31. The van der Waals surface area contributed by atoms with Crippen LogP contribution in [0.15, 0.2) is 48.0 Å². The molecule has 0 unspecified atom stereocenters. The van der Waals surface area contributed by atoms with Gasteiger partial charge in [0.15, 0.2) is 0 Å². The summed E-state index contributed by atoms with van der Waals surface area (Å²) >= 11 is 6.13. The van der Waals surface area contributed by atoms with E-state index in [1.165, 1.54) is 0 Å². The van der Waals surface area contributed by atoms with Crippen molar-refractivity contribution in [1.82, 2.24) is 0 Å². The Bertz CT molecular complexity index is 662. The molecule has 0 bridgehead atoms. The van der Waals surface area contributed by atoms with Crippen molar-refractivity contribution >= 4 is 28.3 Å². The van der Waals surface area contributed by atoms with Crippen LogP contribution < -0.4 is 4.74 Å². The van der Waals surface area contributed by atoms with Crippen molar-refractivity contribution in [2.45, 2.75) is 13.3 Å². The van der Waals surface area contributed by atoms with Gasteiger partial charge >= 0.3 is 5.97 Å². The number of aliphatic carboxylic acids is 1. The van der Waals surface area contributed by atoms with E-state index >= 15 is 0 Å². The van der Waals surface area contributed by atoms with Crippen LogP contribution in [-0.4, -0.2) is 17.7 Å². The van der Waals surface area contributed by atoms with Gasteiger partial charge < -0.3 is 9.84 Å². The molecule has 1 N–H and O–H groups in total. The van der Waals surface area contributed by atoms with Gasteiger partial charge in [0.1, 0.15) is 12.4 Å². The number of halogens is 1. The Kier molecular flexibility index (Phi) is 4.64. The van der Waals surface area contributed by atoms with E-state index < -0.39 is 5.97 Å². The fraction of sp³-hybridized carbons (Fsp3) is 0.188. The number of carbonyl (C=O) groups is 1. The van der Waals surface area contributed by atoms with Gasteiger partial charge in [0.25, 0.3) is 0 Å². The molecule has 4 heteroatoms. The maximum absolute atomic E-state index is 10.9. The lowest BCUT2D eigenvalue weighted by molar-refractivity contribution is -0.132. The number of hydrogen-bond acceptors (Lipinski definition) is 2. The summed E-state index contributed by atoms with van der Waals surface area (Å²) in [5, 5.41) is 11.4. The van der Waals surface area contributed by atoms with Gasteiger partial charge in [0, 0.05) is 21.4 Å². The molecule has 0 saturated carbocycles. The zero-order valence-electron chi connectivity index (χ0n) is 11.1. The minimum atomic E-state index is -0.905. The van der Waals surface area contributed by atoms with Crippen LogP contribution in [0.4, 0.5) is 0 Å². The van der Waals surface area contributed by atoms with Crippen molar-refractivity contribution in [2.75, 3.05) is 6.61 Å². The van der Waals surface area contributed by atoms with Crippen LogP contribution in [0.3, 0.4) is 0 Å². The first-order valence-electron chi connectivity index (χ1n) is 6.36. The Labute approximate surface area is 122 Å². The molecule has 3 nitrogen and oxygen atoms in total. The van der Waals surface area contributed by atoms with Crippen molar-refractivity contribution < 1.29 is 14.6 Å². The average molecular weight is 291 g/mol. The third-order valence-corrected chi connectivity index (χ3v) is 3.38. The second-order valence-corrected chi connectivity index (χ2v) is 4.70. The van der Waals surface area contributed by atoms with Crippen LogP contribution in [0.2, 0.25) is 5.02 Å². The average Bonchev–Trinajstić information content (AvgIpc) is 2.45. The van der Waals surface area contributed by atoms with Gasteiger partial charge in [-0.1, -0.05) is 42.8 Å². The number of rotatable bonds is 5. The Balaban J connectivity index is 2.23. The zero-order chi connectivity index (χ0) is 14.5. The predicted octanol–water partition coefficient (Wildman–Crippen LogP) is 4.29. The smallest absolute Gasteiger partial charge is 0.331 e. The monoisotopic (exact) mass is 290 g/mol. The molecule has 0 heterocycles. The molecule has 0 spiro atoms. The van der Waals surface area contributed by atoms with Crippen molar-refractivity contribution in [1.29, 1.82) is 0 Å². The number of hydrogen-bond donors (Lipinski definition) is 1. The molecule has 0 fully saturated rings. The molecule has 104 valence electrons. The molecule has 0 amide bonds. The predicted molar refractivity (Wildman–Crippen MR) is 80.5 cm³/mol. The van der Waals surface area contributed by atoms with Crippen molar-refractivity contribution in [3.05, 3.63) is 53.1 Å². The quantitative estimate of drug-likeness (QED) is 0.836. The van der Waals surface area contributed by atoms with Crippen LogP contribution in [0, 0.1) is 0 Å². The van der Waals surface area contributed by atoms with Gasteiger partial charge in [-0.15, -0.1) is 0 Å². The van der Waals surface area contributed by atoms with Gasteiger partial charge in [-0.3, -0.25) is 0 Å². The molecule has 0 saturated heterocycles. The number of fused-ring (bicyclic) bond motifs is 1. The first kappa shape index (κ1) is 14.4. The van der Waals surface area contributed by atoms with Crippen LogP contribution in [0.1, 0.15) is 13.3 Å². The summed E-state index contributed by atoms with van der Waals surface area (Å²) in [5.74, 6) is -0.209. The first-order valence-corrected chi connectivity index (χ1v) is 6.73. The Hall–Kier alpha value is -2.00. The molecule has 2 aromatic carbocycles. The minimum Gasteiger partial charge on any atom is -0.489 e. The molecule has 0 aliphatic rings. The topological polar surface area (TPSA) is 46.5 Å². The third kappa shape index (κ3) is 3.11. The fourth-order valence-corrected chi connectivity index (χ4v) is 2.20. The van der Waals surface area contributed by atoms with E-state index in [-0.39, 0.29) is 6.61 Å². The number of carboxylic acids is 1. The molecule has 0 aliphatic carbocycles. The van der Waals surface area contributed by atoms with Crippen molar-refractivity contribution in [3.8, 4) is 5.75 Å². The number of carboxylic acid groups (broad SMARTS) is 1. The summed E-state index contributed by atoms with van der Waals surface area (Å²) in [7, 11) is 0. The summed E-state index contributed by atoms with van der Waals surface area (Å²) in [6.07, 6.45) is 2.06. The number of ether oxygens (including phenoxy) is 1. The van der Waals surface area contributed by atoms with Crippen LogP contribution >= 0.6 is 11.6 Å². The Morgan fingerprint density at radius 1 is 1.25 bits per heavy atom. The summed E-state index contributed by atoms with van der Waals surface area (Å²) < 4.78 is 5.66. The molecule has 20 heavy (non-hydrogen) atoms. The summed E-state index contributed by atoms with van der Waals surface area (Å²) in [4.78, 5) is 10.9. The maximum atomic E-state index is 10.9. The summed E-state index contributed by atoms with van der Waals surface area (Å²) in [6, 6.07) is 11.3. The van der Waals surface area contributed by atoms with E-state index in [1.807, 2.05) is 24.3 Å². The highest BCUT2D eigenvalue weighted by Gasteiger charge is 2.06. The first-order chi connectivity index (χ1) is 9.63. The van der Waals surface area contributed by atoms with E-state index in [0.29, 0.717) is 22.8 Å². The van der Waals surface area contributed by atoms with Gasteiger partial charge in [-0.2, -0.15) is 0 Å². The fourth-order valence-electron chi connectivity index (χ4n) is 1.98. The lowest BCUT2D eigenvalue weighted by Crippen LogP contribution is -2.03. The molecule has 0 aromatic heterocycles. The molecular weight excluding hydrogens is 276 g/mol. The Morgan fingerprint density at radius 2 is 1.95 bits per heavy atom. The zero-order valence-corrected chi connectivity index (χ0v) is 11.9. The lowest BCUT2D eigenvalue weighted by Gasteiger charge is -2.09. The standard InChI is InChI=1S/C16H15ClO3/c1-2-11(16(18)19)9-10-20-15-8-7-14(17)12-5-3-4-6-13(12)15/h3-9H,2,10H2,1H3,(H,18,19). The van der Waals surface area contributed by atoms with E-state index in [1.54, 1.807) is 25.1 Å². The summed E-state index contributed by atoms with van der Waals surface area (Å²) in [5.41, 5.74) is 0.350. The van der Waals surface area contributed by atoms with Crippen molar-refractivity contribution in [2.24, 2.45) is 0 Å². The Morgan fingerprint density at radius 3 is 2.60 bits per heavy atom. The van der Waals surface area contributed by atoms with E-state index in [0.717, 1.165) is 10.8 Å². The minimum absolute atomic E-state index is 0.223. The SMILES string of the molecule is CCC(=CCOc1ccc(Cl)c2ccccc12)C(=O)O. The highest BCUT2D eigenvalue weighted by molar-refractivity contribution is 6.35. The molecule has 2 rings (SSSR count). The van der Waals surface area contributed by atoms with Crippen molar-refractivity contribution in [3.63, 3.8) is 0 Å². The lowest BCUT2D eigenvalue weighted by atomic mass is 10.1.